The first kappa shape index (κ1) is 12.4. The first-order valence-corrected chi connectivity index (χ1v) is 4.52. The molecule has 0 aliphatic rings. The minimum Gasteiger partial charge on any atom is -0.468 e. The highest BCUT2D eigenvalue weighted by Crippen LogP contribution is 2.17. The van der Waals surface area contributed by atoms with Crippen molar-refractivity contribution in [2.45, 2.75) is 12.5 Å². The van der Waals surface area contributed by atoms with E-state index in [-0.39, 0.29) is 17.7 Å². The molecule has 0 aromatic heterocycles. The lowest BCUT2D eigenvalue weighted by molar-refractivity contribution is -0.142. The monoisotopic (exact) mass is 230 g/mol. The number of anilines is 1. The van der Waals surface area contributed by atoms with Gasteiger partial charge in [-0.05, 0) is 11.6 Å². The summed E-state index contributed by atoms with van der Waals surface area (Å²) in [5, 5.41) is 0. The predicted octanol–water partition coefficient (Wildman–Crippen LogP) is 0.590. The number of methoxy groups -OCH3 is 1. The fourth-order valence-electron chi connectivity index (χ4n) is 1.24. The number of rotatable bonds is 3. The number of benzene rings is 1. The van der Waals surface area contributed by atoms with Gasteiger partial charge in [-0.3, -0.25) is 4.79 Å². The zero-order valence-corrected chi connectivity index (χ0v) is 8.67. The number of hydrogen-bond acceptors (Lipinski definition) is 4. The molecule has 4 nitrogen and oxygen atoms in total. The molecule has 0 saturated carbocycles. The molecule has 88 valence electrons. The van der Waals surface area contributed by atoms with Crippen LogP contribution in [0.25, 0.3) is 0 Å². The molecule has 0 bridgehead atoms. The van der Waals surface area contributed by atoms with E-state index in [1.807, 2.05) is 0 Å². The Kier molecular flexibility index (Phi) is 3.78. The molecule has 0 unspecified atom stereocenters. The normalized spacial score (nSPS) is 12.2. The van der Waals surface area contributed by atoms with Crippen LogP contribution < -0.4 is 11.5 Å². The Hall–Kier alpha value is -1.69. The van der Waals surface area contributed by atoms with Crippen molar-refractivity contribution in [2.75, 3.05) is 12.8 Å². The van der Waals surface area contributed by atoms with Crippen LogP contribution >= 0.6 is 0 Å². The summed E-state index contributed by atoms with van der Waals surface area (Å²) in [4.78, 5) is 11.0. The van der Waals surface area contributed by atoms with E-state index in [0.717, 1.165) is 6.07 Å². The maximum atomic E-state index is 13.3. The van der Waals surface area contributed by atoms with Crippen LogP contribution in [0.4, 0.5) is 14.5 Å². The van der Waals surface area contributed by atoms with Crippen molar-refractivity contribution < 1.29 is 18.3 Å². The lowest BCUT2D eigenvalue weighted by Gasteiger charge is -2.10. The van der Waals surface area contributed by atoms with Crippen LogP contribution in [-0.4, -0.2) is 19.1 Å². The average molecular weight is 230 g/mol. The van der Waals surface area contributed by atoms with Crippen molar-refractivity contribution in [1.29, 1.82) is 0 Å². The first-order chi connectivity index (χ1) is 7.45. The lowest BCUT2D eigenvalue weighted by atomic mass is 10.1. The Morgan fingerprint density at radius 3 is 2.62 bits per heavy atom. The van der Waals surface area contributed by atoms with Gasteiger partial charge >= 0.3 is 5.97 Å². The summed E-state index contributed by atoms with van der Waals surface area (Å²) >= 11 is 0. The van der Waals surface area contributed by atoms with Gasteiger partial charge in [-0.1, -0.05) is 0 Å². The van der Waals surface area contributed by atoms with Gasteiger partial charge in [-0.15, -0.1) is 0 Å². The lowest BCUT2D eigenvalue weighted by Crippen LogP contribution is -2.34. The van der Waals surface area contributed by atoms with Gasteiger partial charge in [-0.25, -0.2) is 8.78 Å². The average Bonchev–Trinajstić information content (AvgIpc) is 2.24. The maximum Gasteiger partial charge on any atom is 0.322 e. The smallest absolute Gasteiger partial charge is 0.322 e. The van der Waals surface area contributed by atoms with E-state index in [1.54, 1.807) is 0 Å². The molecule has 4 N–H and O–H groups in total. The number of ether oxygens (including phenoxy) is 1. The molecule has 6 heteroatoms. The molecule has 0 aliphatic carbocycles. The van der Waals surface area contributed by atoms with Crippen molar-refractivity contribution in [1.82, 2.24) is 0 Å². The van der Waals surface area contributed by atoms with Crippen molar-refractivity contribution >= 4 is 11.7 Å². The second kappa shape index (κ2) is 4.89. The number of hydrogen-bond donors (Lipinski definition) is 2. The summed E-state index contributed by atoms with van der Waals surface area (Å²) in [6, 6.07) is 0.784. The van der Waals surface area contributed by atoms with E-state index in [1.165, 1.54) is 7.11 Å². The fraction of sp³-hybridized carbons (Fsp3) is 0.300. The molecular weight excluding hydrogens is 218 g/mol. The molecule has 0 saturated heterocycles. The molecule has 1 aromatic carbocycles. The van der Waals surface area contributed by atoms with Crippen LogP contribution in [0.2, 0.25) is 0 Å². The van der Waals surface area contributed by atoms with Crippen molar-refractivity contribution in [3.05, 3.63) is 29.3 Å². The number of nitrogens with two attached hydrogens (primary N) is 2. The van der Waals surface area contributed by atoms with Crippen molar-refractivity contribution in [2.24, 2.45) is 5.73 Å². The van der Waals surface area contributed by atoms with E-state index < -0.39 is 23.6 Å². The molecule has 16 heavy (non-hydrogen) atoms. The molecule has 1 aromatic rings. The summed E-state index contributed by atoms with van der Waals surface area (Å²) in [6.45, 7) is 0. The summed E-state index contributed by atoms with van der Waals surface area (Å²) in [6.07, 6.45) is -0.0943. The number of carbonyl (C=O) groups excluding carboxylic acids is 1. The minimum atomic E-state index is -0.996. The van der Waals surface area contributed by atoms with E-state index in [9.17, 15) is 13.6 Å². The zero-order chi connectivity index (χ0) is 12.3. The molecule has 0 fully saturated rings. The number of nitrogen functional groups attached to an aromatic ring is 1. The van der Waals surface area contributed by atoms with Crippen LogP contribution in [0.1, 0.15) is 5.56 Å². The molecule has 0 heterocycles. The SMILES string of the molecule is COC(=O)[C@@H](N)Cc1cc(N)c(F)cc1F. The zero-order valence-electron chi connectivity index (χ0n) is 8.67. The Labute approximate surface area is 91.2 Å². The van der Waals surface area contributed by atoms with Crippen LogP contribution in [0.5, 0.6) is 0 Å². The van der Waals surface area contributed by atoms with Crippen LogP contribution in [0.3, 0.4) is 0 Å². The molecule has 0 aliphatic heterocycles. The Morgan fingerprint density at radius 1 is 1.44 bits per heavy atom. The van der Waals surface area contributed by atoms with Gasteiger partial charge in [0, 0.05) is 12.5 Å². The number of esters is 1. The van der Waals surface area contributed by atoms with Crippen LogP contribution in [0, 0.1) is 11.6 Å². The first-order valence-electron chi connectivity index (χ1n) is 4.52. The van der Waals surface area contributed by atoms with E-state index in [4.69, 9.17) is 11.5 Å². The Balaban J connectivity index is 2.89. The predicted molar refractivity (Wildman–Crippen MR) is 54.5 cm³/mol. The largest absolute Gasteiger partial charge is 0.468 e. The summed E-state index contributed by atoms with van der Waals surface area (Å²) in [5.74, 6) is -2.29. The number of halogens is 2. The third-order valence-corrected chi connectivity index (χ3v) is 2.11. The highest BCUT2D eigenvalue weighted by Gasteiger charge is 2.17. The summed E-state index contributed by atoms with van der Waals surface area (Å²) in [5.41, 5.74) is 10.6. The quantitative estimate of drug-likeness (QED) is 0.588. The molecular formula is C10H12F2N2O2. The van der Waals surface area contributed by atoms with Crippen LogP contribution in [-0.2, 0) is 16.0 Å². The highest BCUT2D eigenvalue weighted by molar-refractivity contribution is 5.75. The van der Waals surface area contributed by atoms with Gasteiger partial charge in [0.05, 0.1) is 12.8 Å². The maximum absolute atomic E-state index is 13.3. The summed E-state index contributed by atoms with van der Waals surface area (Å²) < 4.78 is 30.5. The second-order valence-corrected chi connectivity index (χ2v) is 3.30. The van der Waals surface area contributed by atoms with E-state index in [2.05, 4.69) is 4.74 Å². The molecule has 0 amide bonds. The molecule has 0 spiro atoms. The topological polar surface area (TPSA) is 78.3 Å². The number of carbonyl (C=O) groups is 1. The standard InChI is InChI=1S/C10H12F2N2O2/c1-16-10(15)9(14)3-5-2-8(13)7(12)4-6(5)11/h2,4,9H,3,13-14H2,1H3/t9-/m0/s1. The van der Waals surface area contributed by atoms with Gasteiger partial charge in [0.15, 0.2) is 0 Å². The highest BCUT2D eigenvalue weighted by atomic mass is 19.1. The fourth-order valence-corrected chi connectivity index (χ4v) is 1.24. The van der Waals surface area contributed by atoms with Gasteiger partial charge in [0.1, 0.15) is 17.7 Å². The third kappa shape index (κ3) is 2.66. The third-order valence-electron chi connectivity index (χ3n) is 2.11. The van der Waals surface area contributed by atoms with E-state index in [0.29, 0.717) is 6.07 Å². The minimum absolute atomic E-state index is 0.0804. The van der Waals surface area contributed by atoms with Gasteiger partial charge in [-0.2, -0.15) is 0 Å². The Bertz CT molecular complexity index is 410. The molecule has 1 rings (SSSR count). The second-order valence-electron chi connectivity index (χ2n) is 3.30. The molecule has 1 atom stereocenters. The van der Waals surface area contributed by atoms with Crippen molar-refractivity contribution in [3.63, 3.8) is 0 Å². The van der Waals surface area contributed by atoms with Gasteiger partial charge in [0.2, 0.25) is 0 Å². The molecule has 0 radical (unpaired) electrons. The van der Waals surface area contributed by atoms with E-state index >= 15 is 0 Å². The summed E-state index contributed by atoms with van der Waals surface area (Å²) in [7, 11) is 1.18. The van der Waals surface area contributed by atoms with Gasteiger partial charge < -0.3 is 16.2 Å². The van der Waals surface area contributed by atoms with Gasteiger partial charge in [0.25, 0.3) is 0 Å². The Morgan fingerprint density at radius 2 is 2.06 bits per heavy atom. The van der Waals surface area contributed by atoms with Crippen LogP contribution in [0.15, 0.2) is 12.1 Å². The van der Waals surface area contributed by atoms with Crippen molar-refractivity contribution in [3.8, 4) is 0 Å².